The van der Waals surface area contributed by atoms with Gasteiger partial charge in [0.15, 0.2) is 0 Å². The second-order valence-electron chi connectivity index (χ2n) is 6.50. The summed E-state index contributed by atoms with van der Waals surface area (Å²) < 4.78 is 63.9. The minimum absolute atomic E-state index is 0.0880. The number of sulfonamides is 1. The molecule has 1 aliphatic rings. The van der Waals surface area contributed by atoms with E-state index in [4.69, 9.17) is 27.1 Å². The van der Waals surface area contributed by atoms with Crippen molar-refractivity contribution in [1.29, 1.82) is 5.26 Å². The van der Waals surface area contributed by atoms with E-state index in [1.54, 1.807) is 24.3 Å². The number of hydrogen-bond donors (Lipinski definition) is 2. The van der Waals surface area contributed by atoms with Crippen molar-refractivity contribution in [2.45, 2.75) is 17.5 Å². The molecule has 2 N–H and O–H groups in total. The Morgan fingerprint density at radius 3 is 2.30 bits per heavy atom. The first kappa shape index (κ1) is 24.0. The number of nitriles is 1. The average Bonchev–Trinajstić information content (AvgIpc) is 3.20. The molecule has 2 aromatic carbocycles. The highest BCUT2D eigenvalue weighted by Gasteiger charge is 2.36. The molecule has 0 bridgehead atoms. The Morgan fingerprint density at radius 2 is 1.83 bits per heavy atom. The SMILES string of the molecule is N#Cc1cc(C(F)(F)F)ccc1S(=O)(=O)N1CCC(CO)C1.Oc1ccc(Cl)cc1. The second-order valence-corrected chi connectivity index (χ2v) is 8.84. The number of aliphatic hydroxyl groups is 1. The summed E-state index contributed by atoms with van der Waals surface area (Å²) in [6, 6.07) is 9.86. The van der Waals surface area contributed by atoms with Crippen LogP contribution in [0.4, 0.5) is 13.2 Å². The van der Waals surface area contributed by atoms with Crippen molar-refractivity contribution >= 4 is 21.6 Å². The predicted octanol–water partition coefficient (Wildman–Crippen LogP) is 3.63. The molecular formula is C19H18ClF3N2O4S. The molecule has 0 spiro atoms. The fourth-order valence-corrected chi connectivity index (χ4v) is 4.54. The Morgan fingerprint density at radius 1 is 1.20 bits per heavy atom. The van der Waals surface area contributed by atoms with Crippen molar-refractivity contribution in [2.24, 2.45) is 5.92 Å². The van der Waals surface area contributed by atoms with Gasteiger partial charge < -0.3 is 10.2 Å². The molecule has 0 aliphatic carbocycles. The lowest BCUT2D eigenvalue weighted by Crippen LogP contribution is -2.30. The van der Waals surface area contributed by atoms with Crippen molar-refractivity contribution in [2.75, 3.05) is 19.7 Å². The predicted molar refractivity (Wildman–Crippen MR) is 103 cm³/mol. The van der Waals surface area contributed by atoms with Crippen LogP contribution in [0, 0.1) is 17.2 Å². The van der Waals surface area contributed by atoms with E-state index in [1.165, 1.54) is 6.07 Å². The number of rotatable bonds is 3. The molecule has 2 aromatic rings. The molecule has 0 saturated carbocycles. The van der Waals surface area contributed by atoms with Gasteiger partial charge in [-0.05, 0) is 54.8 Å². The minimum atomic E-state index is -4.65. The minimum Gasteiger partial charge on any atom is -0.508 e. The summed E-state index contributed by atoms with van der Waals surface area (Å²) in [6.07, 6.45) is -4.18. The maximum absolute atomic E-state index is 12.6. The summed E-state index contributed by atoms with van der Waals surface area (Å²) in [6.45, 7) is 0.0916. The molecule has 0 amide bonds. The summed E-state index contributed by atoms with van der Waals surface area (Å²) in [5.41, 5.74) is -1.61. The first-order valence-corrected chi connectivity index (χ1v) is 10.5. The van der Waals surface area contributed by atoms with E-state index in [0.29, 0.717) is 23.6 Å². The number of phenols is 1. The Labute approximate surface area is 176 Å². The lowest BCUT2D eigenvalue weighted by Gasteiger charge is -2.18. The first-order valence-electron chi connectivity index (χ1n) is 8.66. The second kappa shape index (κ2) is 9.66. The van der Waals surface area contributed by atoms with Gasteiger partial charge in [-0.15, -0.1) is 0 Å². The molecule has 30 heavy (non-hydrogen) atoms. The lowest BCUT2D eigenvalue weighted by molar-refractivity contribution is -0.137. The molecule has 11 heteroatoms. The van der Waals surface area contributed by atoms with E-state index in [1.807, 2.05) is 0 Å². The third kappa shape index (κ3) is 5.86. The summed E-state index contributed by atoms with van der Waals surface area (Å²) in [5.74, 6) is 0.0455. The molecule has 1 aliphatic heterocycles. The molecule has 1 fully saturated rings. The van der Waals surface area contributed by atoms with Crippen LogP contribution in [-0.2, 0) is 16.2 Å². The largest absolute Gasteiger partial charge is 0.508 e. The number of halogens is 4. The van der Waals surface area contributed by atoms with Gasteiger partial charge in [-0.3, -0.25) is 0 Å². The maximum atomic E-state index is 12.6. The van der Waals surface area contributed by atoms with Crippen molar-refractivity contribution in [3.8, 4) is 11.8 Å². The molecule has 162 valence electrons. The van der Waals surface area contributed by atoms with Crippen LogP contribution in [0.1, 0.15) is 17.5 Å². The number of aromatic hydroxyl groups is 1. The Balaban J connectivity index is 0.000000335. The molecule has 1 unspecified atom stereocenters. The summed E-state index contributed by atoms with van der Waals surface area (Å²) >= 11 is 5.50. The van der Waals surface area contributed by atoms with E-state index in [0.717, 1.165) is 10.4 Å². The van der Waals surface area contributed by atoms with Gasteiger partial charge >= 0.3 is 6.18 Å². The monoisotopic (exact) mass is 462 g/mol. The molecular weight excluding hydrogens is 445 g/mol. The van der Waals surface area contributed by atoms with Gasteiger partial charge in [0, 0.05) is 24.7 Å². The van der Waals surface area contributed by atoms with E-state index in [9.17, 15) is 21.6 Å². The van der Waals surface area contributed by atoms with E-state index >= 15 is 0 Å². The average molecular weight is 463 g/mol. The van der Waals surface area contributed by atoms with Gasteiger partial charge in [0.2, 0.25) is 10.0 Å². The van der Waals surface area contributed by atoms with Crippen LogP contribution in [0.3, 0.4) is 0 Å². The smallest absolute Gasteiger partial charge is 0.416 e. The van der Waals surface area contributed by atoms with Crippen LogP contribution < -0.4 is 0 Å². The number of alkyl halides is 3. The van der Waals surface area contributed by atoms with Gasteiger partial charge in [0.1, 0.15) is 11.8 Å². The van der Waals surface area contributed by atoms with Crippen LogP contribution in [0.5, 0.6) is 5.75 Å². The number of nitrogens with zero attached hydrogens (tertiary/aromatic N) is 2. The first-order chi connectivity index (χ1) is 14.0. The quantitative estimate of drug-likeness (QED) is 0.725. The van der Waals surface area contributed by atoms with Crippen LogP contribution in [-0.4, -0.2) is 42.6 Å². The zero-order valence-electron chi connectivity index (χ0n) is 15.5. The molecule has 6 nitrogen and oxygen atoms in total. The van der Waals surface area contributed by atoms with E-state index in [2.05, 4.69) is 0 Å². The Bertz CT molecular complexity index is 1000. The Kier molecular flexibility index (Phi) is 7.71. The molecule has 0 aromatic heterocycles. The molecule has 1 heterocycles. The summed E-state index contributed by atoms with van der Waals surface area (Å²) in [5, 5.41) is 27.4. The van der Waals surface area contributed by atoms with Crippen molar-refractivity contribution in [1.82, 2.24) is 4.31 Å². The highest BCUT2D eigenvalue weighted by atomic mass is 35.5. The van der Waals surface area contributed by atoms with Gasteiger partial charge in [-0.25, -0.2) is 8.42 Å². The fourth-order valence-electron chi connectivity index (χ4n) is 2.76. The van der Waals surface area contributed by atoms with Crippen LogP contribution in [0.15, 0.2) is 47.4 Å². The highest BCUT2D eigenvalue weighted by Crippen LogP contribution is 2.33. The third-order valence-corrected chi connectivity index (χ3v) is 6.55. The number of aliphatic hydroxyl groups excluding tert-OH is 1. The van der Waals surface area contributed by atoms with E-state index < -0.39 is 32.2 Å². The van der Waals surface area contributed by atoms with Gasteiger partial charge in [0.05, 0.1) is 16.0 Å². The lowest BCUT2D eigenvalue weighted by atomic mass is 10.1. The number of hydrogen-bond acceptors (Lipinski definition) is 5. The van der Waals surface area contributed by atoms with Crippen molar-refractivity contribution in [3.05, 3.63) is 58.6 Å². The molecule has 1 saturated heterocycles. The maximum Gasteiger partial charge on any atom is 0.416 e. The fraction of sp³-hybridized carbons (Fsp3) is 0.316. The molecule has 0 radical (unpaired) electrons. The van der Waals surface area contributed by atoms with Crippen LogP contribution in [0.2, 0.25) is 5.02 Å². The summed E-state index contributed by atoms with van der Waals surface area (Å²) in [7, 11) is -4.05. The standard InChI is InChI=1S/C13H13F3N2O3S.C6H5ClO/c14-13(15,16)11-1-2-12(10(5-11)6-17)22(20,21)18-4-3-9(7-18)8-19;7-5-1-3-6(8)4-2-5/h1-2,5,9,19H,3-4,7-8H2;1-4,8H. The van der Waals surface area contributed by atoms with Crippen LogP contribution >= 0.6 is 11.6 Å². The van der Waals surface area contributed by atoms with Crippen LogP contribution in [0.25, 0.3) is 0 Å². The van der Waals surface area contributed by atoms with E-state index in [-0.39, 0.29) is 31.4 Å². The molecule has 3 rings (SSSR count). The third-order valence-electron chi connectivity index (χ3n) is 4.38. The van der Waals surface area contributed by atoms with Crippen molar-refractivity contribution in [3.63, 3.8) is 0 Å². The zero-order chi connectivity index (χ0) is 22.5. The van der Waals surface area contributed by atoms with Crippen molar-refractivity contribution < 1.29 is 31.8 Å². The number of benzene rings is 2. The normalized spacial score (nSPS) is 17.1. The highest BCUT2D eigenvalue weighted by molar-refractivity contribution is 7.89. The van der Waals surface area contributed by atoms with Gasteiger partial charge in [0.25, 0.3) is 0 Å². The number of phenolic OH excluding ortho intramolecular Hbond substituents is 1. The van der Waals surface area contributed by atoms with Gasteiger partial charge in [-0.2, -0.15) is 22.7 Å². The summed E-state index contributed by atoms with van der Waals surface area (Å²) in [4.78, 5) is -0.443. The van der Waals surface area contributed by atoms with Gasteiger partial charge in [-0.1, -0.05) is 11.6 Å². The molecule has 1 atom stereocenters. The topological polar surface area (TPSA) is 102 Å². The Hall–Kier alpha value is -2.32. The zero-order valence-corrected chi connectivity index (χ0v) is 17.0.